The molecule has 3 amide bonds. The van der Waals surface area contributed by atoms with Crippen LogP contribution < -0.4 is 5.32 Å². The van der Waals surface area contributed by atoms with Crippen LogP contribution in [0.5, 0.6) is 0 Å². The lowest BCUT2D eigenvalue weighted by Crippen LogP contribution is -2.51. The van der Waals surface area contributed by atoms with Gasteiger partial charge in [-0.1, -0.05) is 6.92 Å². The van der Waals surface area contributed by atoms with E-state index in [-0.39, 0.29) is 29.2 Å². The lowest BCUT2D eigenvalue weighted by Gasteiger charge is -2.36. The molecule has 0 radical (unpaired) electrons. The Morgan fingerprint density at radius 2 is 2.00 bits per heavy atom. The molecule has 0 spiro atoms. The molecule has 25 heavy (non-hydrogen) atoms. The van der Waals surface area contributed by atoms with E-state index in [1.165, 1.54) is 0 Å². The summed E-state index contributed by atoms with van der Waals surface area (Å²) in [6.45, 7) is 6.85. The van der Waals surface area contributed by atoms with Crippen molar-refractivity contribution >= 4 is 17.7 Å². The van der Waals surface area contributed by atoms with Crippen molar-refractivity contribution < 1.29 is 14.4 Å². The average Bonchev–Trinajstić information content (AvgIpc) is 3.20. The second-order valence-electron chi connectivity index (χ2n) is 8.55. The lowest BCUT2D eigenvalue weighted by atomic mass is 9.83. The SMILES string of the molecule is CN1CCCC(N2C[C@@H]3CN(C(=O)C4CCNC4=O)C[C@]3(C)C2)C1=O. The molecule has 138 valence electrons. The Kier molecular flexibility index (Phi) is 4.02. The molecular formula is C18H28N4O3. The number of rotatable bonds is 2. The number of hydrogen-bond acceptors (Lipinski definition) is 4. The molecule has 7 heteroatoms. The third-order valence-corrected chi connectivity index (χ3v) is 6.73. The highest BCUT2D eigenvalue weighted by Crippen LogP contribution is 2.44. The molecule has 4 aliphatic rings. The number of carbonyl (C=O) groups excluding carboxylic acids is 3. The van der Waals surface area contributed by atoms with Crippen molar-refractivity contribution in [3.05, 3.63) is 0 Å². The van der Waals surface area contributed by atoms with Gasteiger partial charge in [0.1, 0.15) is 5.92 Å². The maximum Gasteiger partial charge on any atom is 0.239 e. The zero-order chi connectivity index (χ0) is 17.8. The zero-order valence-electron chi connectivity index (χ0n) is 15.2. The number of piperidine rings is 1. The van der Waals surface area contributed by atoms with Crippen LogP contribution in [0.25, 0.3) is 0 Å². The van der Waals surface area contributed by atoms with Gasteiger partial charge in [-0.15, -0.1) is 0 Å². The smallest absolute Gasteiger partial charge is 0.239 e. The second kappa shape index (κ2) is 5.97. The summed E-state index contributed by atoms with van der Waals surface area (Å²) in [5.74, 6) is 0.00811. The van der Waals surface area contributed by atoms with Gasteiger partial charge in [0.25, 0.3) is 0 Å². The van der Waals surface area contributed by atoms with E-state index in [9.17, 15) is 14.4 Å². The predicted octanol–water partition coefficient (Wildman–Crippen LogP) is -0.476. The largest absolute Gasteiger partial charge is 0.355 e. The van der Waals surface area contributed by atoms with Crippen LogP contribution in [-0.4, -0.2) is 84.8 Å². The van der Waals surface area contributed by atoms with E-state index in [1.54, 1.807) is 0 Å². The van der Waals surface area contributed by atoms with Crippen LogP contribution in [0.4, 0.5) is 0 Å². The number of amides is 3. The summed E-state index contributed by atoms with van der Waals surface area (Å²) >= 11 is 0. The van der Waals surface area contributed by atoms with Crippen LogP contribution in [0.3, 0.4) is 0 Å². The second-order valence-corrected chi connectivity index (χ2v) is 8.55. The minimum Gasteiger partial charge on any atom is -0.355 e. The highest BCUT2D eigenvalue weighted by molar-refractivity contribution is 6.01. The number of likely N-dealkylation sites (tertiary alicyclic amines) is 3. The van der Waals surface area contributed by atoms with Gasteiger partial charge in [-0.3, -0.25) is 19.3 Å². The Bertz CT molecular complexity index is 609. The highest BCUT2D eigenvalue weighted by Gasteiger charge is 2.53. The highest BCUT2D eigenvalue weighted by atomic mass is 16.2. The first-order valence-electron chi connectivity index (χ1n) is 9.44. The molecule has 0 aromatic carbocycles. The standard InChI is InChI=1S/C18H28N4O3/c1-18-10-21(14-4-3-7-20(2)17(14)25)8-12(18)9-22(11-18)16(24)13-5-6-19-15(13)23/h12-14H,3-11H2,1-2H3,(H,19,23)/t12-,13?,14?,18+/m1/s1. The first kappa shape index (κ1) is 16.8. The van der Waals surface area contributed by atoms with Crippen LogP contribution in [0.1, 0.15) is 26.2 Å². The van der Waals surface area contributed by atoms with Crippen molar-refractivity contribution in [2.75, 3.05) is 46.3 Å². The maximum absolute atomic E-state index is 12.7. The molecule has 2 unspecified atom stereocenters. The van der Waals surface area contributed by atoms with E-state index in [2.05, 4.69) is 17.1 Å². The Morgan fingerprint density at radius 1 is 1.20 bits per heavy atom. The molecule has 0 bridgehead atoms. The summed E-state index contributed by atoms with van der Waals surface area (Å²) in [5, 5.41) is 2.76. The Hall–Kier alpha value is -1.63. The summed E-state index contributed by atoms with van der Waals surface area (Å²) < 4.78 is 0. The van der Waals surface area contributed by atoms with Gasteiger partial charge >= 0.3 is 0 Å². The van der Waals surface area contributed by atoms with Gasteiger partial charge < -0.3 is 15.1 Å². The average molecular weight is 348 g/mol. The summed E-state index contributed by atoms with van der Waals surface area (Å²) in [6, 6.07) is 0.00550. The topological polar surface area (TPSA) is 73.0 Å². The fourth-order valence-electron chi connectivity index (χ4n) is 5.19. The predicted molar refractivity (Wildman–Crippen MR) is 91.5 cm³/mol. The Labute approximate surface area is 148 Å². The third kappa shape index (κ3) is 2.72. The van der Waals surface area contributed by atoms with E-state index in [0.717, 1.165) is 32.5 Å². The van der Waals surface area contributed by atoms with E-state index in [0.29, 0.717) is 32.0 Å². The number of nitrogens with one attached hydrogen (secondary N) is 1. The van der Waals surface area contributed by atoms with Gasteiger partial charge in [-0.2, -0.15) is 0 Å². The summed E-state index contributed by atoms with van der Waals surface area (Å²) in [4.78, 5) is 43.1. The van der Waals surface area contributed by atoms with Gasteiger partial charge in [0.05, 0.1) is 6.04 Å². The number of hydrogen-bond donors (Lipinski definition) is 1. The van der Waals surface area contributed by atoms with Gasteiger partial charge in [0.2, 0.25) is 17.7 Å². The van der Waals surface area contributed by atoms with Gasteiger partial charge in [0.15, 0.2) is 0 Å². The van der Waals surface area contributed by atoms with Crippen molar-refractivity contribution in [1.29, 1.82) is 0 Å². The lowest BCUT2D eigenvalue weighted by molar-refractivity contribution is -0.141. The molecule has 0 aromatic heterocycles. The molecule has 4 rings (SSSR count). The molecular weight excluding hydrogens is 320 g/mol. The van der Waals surface area contributed by atoms with Crippen molar-refractivity contribution in [2.45, 2.75) is 32.2 Å². The van der Waals surface area contributed by atoms with Crippen LogP contribution in [0.15, 0.2) is 0 Å². The molecule has 0 aliphatic carbocycles. The normalized spacial score (nSPS) is 39.0. The van der Waals surface area contributed by atoms with Crippen LogP contribution in [-0.2, 0) is 14.4 Å². The summed E-state index contributed by atoms with van der Waals surface area (Å²) in [5.41, 5.74) is 0.0288. The van der Waals surface area contributed by atoms with E-state index in [1.807, 2.05) is 16.8 Å². The van der Waals surface area contributed by atoms with Crippen LogP contribution in [0, 0.1) is 17.3 Å². The molecule has 7 nitrogen and oxygen atoms in total. The fraction of sp³-hybridized carbons (Fsp3) is 0.833. The first-order valence-corrected chi connectivity index (χ1v) is 9.44. The van der Waals surface area contributed by atoms with E-state index in [4.69, 9.17) is 0 Å². The summed E-state index contributed by atoms with van der Waals surface area (Å²) in [6.07, 6.45) is 2.62. The van der Waals surface area contributed by atoms with Gasteiger partial charge in [-0.25, -0.2) is 0 Å². The Balaban J connectivity index is 1.42. The summed E-state index contributed by atoms with van der Waals surface area (Å²) in [7, 11) is 1.89. The molecule has 1 N–H and O–H groups in total. The fourth-order valence-corrected chi connectivity index (χ4v) is 5.19. The minimum atomic E-state index is -0.493. The molecule has 4 heterocycles. The Morgan fingerprint density at radius 3 is 2.68 bits per heavy atom. The van der Waals surface area contributed by atoms with Crippen LogP contribution in [0.2, 0.25) is 0 Å². The molecule has 0 saturated carbocycles. The molecule has 4 aliphatic heterocycles. The van der Waals surface area contributed by atoms with Crippen LogP contribution >= 0.6 is 0 Å². The van der Waals surface area contributed by atoms with E-state index >= 15 is 0 Å². The number of likely N-dealkylation sites (N-methyl/N-ethyl adjacent to an activating group) is 1. The third-order valence-electron chi connectivity index (χ3n) is 6.73. The van der Waals surface area contributed by atoms with E-state index < -0.39 is 5.92 Å². The first-order chi connectivity index (χ1) is 11.9. The number of fused-ring (bicyclic) bond motifs is 1. The molecule has 4 fully saturated rings. The quantitative estimate of drug-likeness (QED) is 0.685. The van der Waals surface area contributed by atoms with Gasteiger partial charge in [0, 0.05) is 51.7 Å². The molecule has 4 saturated heterocycles. The van der Waals surface area contributed by atoms with Crippen molar-refractivity contribution in [3.63, 3.8) is 0 Å². The van der Waals surface area contributed by atoms with Crippen molar-refractivity contribution in [3.8, 4) is 0 Å². The number of nitrogens with zero attached hydrogens (tertiary/aromatic N) is 3. The zero-order valence-corrected chi connectivity index (χ0v) is 15.2. The van der Waals surface area contributed by atoms with Crippen molar-refractivity contribution in [2.24, 2.45) is 17.3 Å². The monoisotopic (exact) mass is 348 g/mol. The van der Waals surface area contributed by atoms with Crippen molar-refractivity contribution in [1.82, 2.24) is 20.0 Å². The molecule has 0 aromatic rings. The molecule has 4 atom stereocenters. The minimum absolute atomic E-state index is 0.00550. The number of carbonyl (C=O) groups is 3. The van der Waals surface area contributed by atoms with Gasteiger partial charge in [-0.05, 0) is 25.2 Å². The maximum atomic E-state index is 12.7.